The van der Waals surface area contributed by atoms with Crippen LogP contribution in [0.25, 0.3) is 0 Å². The molecule has 0 unspecified atom stereocenters. The number of nitriles is 1. The number of nitrogens with one attached hydrogen (secondary N) is 1. The number of carbonyl (C=O) groups is 1. The number of hydrogen-bond donors (Lipinski definition) is 1. The van der Waals surface area contributed by atoms with Crippen LogP contribution in [-0.4, -0.2) is 5.78 Å². The van der Waals surface area contributed by atoms with Crippen LogP contribution in [0.15, 0.2) is 77.1 Å². The lowest BCUT2D eigenvalue weighted by molar-refractivity contribution is -0.116. The van der Waals surface area contributed by atoms with Crippen molar-refractivity contribution in [1.82, 2.24) is 5.32 Å². The van der Waals surface area contributed by atoms with Crippen LogP contribution < -0.4 is 5.32 Å². The van der Waals surface area contributed by atoms with Gasteiger partial charge in [0.2, 0.25) is 0 Å². The SMILES string of the molecule is CCc1ccc([C@@H]2C(C#N)=C(C)NC3=C2C(=O)C[C@H](c2ccccc2)C3)cc1. The Morgan fingerprint density at radius 1 is 1.04 bits per heavy atom. The normalized spacial score (nSPS) is 21.8. The summed E-state index contributed by atoms with van der Waals surface area (Å²) in [7, 11) is 0. The molecule has 1 N–H and O–H groups in total. The molecule has 0 saturated carbocycles. The van der Waals surface area contributed by atoms with E-state index in [1.807, 2.05) is 25.1 Å². The molecule has 28 heavy (non-hydrogen) atoms. The Morgan fingerprint density at radius 2 is 1.75 bits per heavy atom. The van der Waals surface area contributed by atoms with Gasteiger partial charge in [-0.05, 0) is 42.4 Å². The highest BCUT2D eigenvalue weighted by atomic mass is 16.1. The first-order valence-corrected chi connectivity index (χ1v) is 9.90. The van der Waals surface area contributed by atoms with Crippen molar-refractivity contribution in [2.45, 2.75) is 44.9 Å². The van der Waals surface area contributed by atoms with Gasteiger partial charge in [0.25, 0.3) is 0 Å². The molecule has 1 heterocycles. The van der Waals surface area contributed by atoms with Crippen molar-refractivity contribution >= 4 is 5.78 Å². The van der Waals surface area contributed by atoms with Gasteiger partial charge in [-0.25, -0.2) is 0 Å². The lowest BCUT2D eigenvalue weighted by atomic mass is 9.72. The highest BCUT2D eigenvalue weighted by Crippen LogP contribution is 2.45. The van der Waals surface area contributed by atoms with Crippen molar-refractivity contribution in [2.24, 2.45) is 0 Å². The van der Waals surface area contributed by atoms with E-state index in [-0.39, 0.29) is 17.6 Å². The predicted octanol–water partition coefficient (Wildman–Crippen LogP) is 5.13. The predicted molar refractivity (Wildman–Crippen MR) is 110 cm³/mol. The first-order chi connectivity index (χ1) is 13.6. The first-order valence-electron chi connectivity index (χ1n) is 9.90. The van der Waals surface area contributed by atoms with Crippen LogP contribution in [0.2, 0.25) is 0 Å². The largest absolute Gasteiger partial charge is 0.361 e. The molecule has 0 aromatic heterocycles. The van der Waals surface area contributed by atoms with Gasteiger partial charge in [0.05, 0.1) is 17.6 Å². The lowest BCUT2D eigenvalue weighted by Crippen LogP contribution is -2.33. The van der Waals surface area contributed by atoms with Crippen molar-refractivity contribution in [3.8, 4) is 6.07 Å². The minimum atomic E-state index is -0.267. The van der Waals surface area contributed by atoms with Gasteiger partial charge in [-0.2, -0.15) is 5.26 Å². The Morgan fingerprint density at radius 3 is 2.39 bits per heavy atom. The molecule has 0 bridgehead atoms. The smallest absolute Gasteiger partial charge is 0.162 e. The fourth-order valence-corrected chi connectivity index (χ4v) is 4.43. The van der Waals surface area contributed by atoms with E-state index in [4.69, 9.17) is 0 Å². The third-order valence-corrected chi connectivity index (χ3v) is 5.94. The molecule has 3 nitrogen and oxygen atoms in total. The monoisotopic (exact) mass is 368 g/mol. The molecule has 1 aliphatic heterocycles. The molecule has 0 spiro atoms. The second kappa shape index (κ2) is 7.48. The summed E-state index contributed by atoms with van der Waals surface area (Å²) in [4.78, 5) is 13.3. The van der Waals surface area contributed by atoms with Gasteiger partial charge in [0.1, 0.15) is 0 Å². The van der Waals surface area contributed by atoms with Gasteiger partial charge in [-0.15, -0.1) is 0 Å². The number of ketones is 1. The van der Waals surface area contributed by atoms with Crippen LogP contribution in [-0.2, 0) is 11.2 Å². The second-order valence-electron chi connectivity index (χ2n) is 7.63. The minimum absolute atomic E-state index is 0.146. The molecular weight excluding hydrogens is 344 g/mol. The van der Waals surface area contributed by atoms with Gasteiger partial charge in [0, 0.05) is 23.4 Å². The van der Waals surface area contributed by atoms with Gasteiger partial charge in [0.15, 0.2) is 5.78 Å². The first kappa shape index (κ1) is 18.3. The Balaban J connectivity index is 1.77. The molecule has 0 fully saturated rings. The summed E-state index contributed by atoms with van der Waals surface area (Å²) in [6, 6.07) is 20.9. The molecule has 0 amide bonds. The van der Waals surface area contributed by atoms with E-state index in [1.165, 1.54) is 11.1 Å². The number of allylic oxidation sites excluding steroid dienone is 4. The summed E-state index contributed by atoms with van der Waals surface area (Å²) in [6.07, 6.45) is 2.26. The fourth-order valence-electron chi connectivity index (χ4n) is 4.43. The number of nitrogens with zero attached hydrogens (tertiary/aromatic N) is 1. The van der Waals surface area contributed by atoms with Gasteiger partial charge in [-0.3, -0.25) is 4.79 Å². The summed E-state index contributed by atoms with van der Waals surface area (Å²) < 4.78 is 0. The molecule has 2 aromatic rings. The van der Waals surface area contributed by atoms with E-state index in [9.17, 15) is 10.1 Å². The average Bonchev–Trinajstić information content (AvgIpc) is 2.73. The molecule has 2 aliphatic rings. The van der Waals surface area contributed by atoms with E-state index in [1.54, 1.807) is 0 Å². The molecule has 0 radical (unpaired) electrons. The fraction of sp³-hybridized carbons (Fsp3) is 0.280. The van der Waals surface area contributed by atoms with E-state index in [2.05, 4.69) is 54.7 Å². The van der Waals surface area contributed by atoms with Gasteiger partial charge in [-0.1, -0.05) is 61.5 Å². The summed E-state index contributed by atoms with van der Waals surface area (Å²) in [5.41, 5.74) is 6.73. The number of dihydropyridines is 1. The van der Waals surface area contributed by atoms with E-state index in [0.717, 1.165) is 35.4 Å². The molecule has 4 rings (SSSR count). The highest BCUT2D eigenvalue weighted by molar-refractivity contribution is 6.00. The van der Waals surface area contributed by atoms with E-state index >= 15 is 0 Å². The maximum Gasteiger partial charge on any atom is 0.162 e. The molecule has 140 valence electrons. The van der Waals surface area contributed by atoms with Crippen molar-refractivity contribution in [3.63, 3.8) is 0 Å². The maximum atomic E-state index is 13.3. The number of rotatable bonds is 3. The molecule has 1 aliphatic carbocycles. The second-order valence-corrected chi connectivity index (χ2v) is 7.63. The number of hydrogen-bond acceptors (Lipinski definition) is 3. The molecule has 2 aromatic carbocycles. The molecular formula is C25H24N2O. The number of Topliss-reactive ketones (excluding diaryl/α,β-unsaturated/α-hetero) is 1. The quantitative estimate of drug-likeness (QED) is 0.817. The standard InChI is InChI=1S/C25H24N2O/c1-3-17-9-11-19(12-10-17)24-21(15-26)16(2)27-22-13-20(14-23(28)25(22)24)18-7-5-4-6-8-18/h4-12,20,24,27H,3,13-14H2,1-2H3/t20-,24-/m1/s1. The Bertz CT molecular complexity index is 1010. The van der Waals surface area contributed by atoms with Crippen molar-refractivity contribution in [3.05, 3.63) is 93.8 Å². The van der Waals surface area contributed by atoms with Crippen molar-refractivity contribution in [1.29, 1.82) is 5.26 Å². The average molecular weight is 368 g/mol. The summed E-state index contributed by atoms with van der Waals surface area (Å²) in [5, 5.41) is 13.2. The zero-order valence-corrected chi connectivity index (χ0v) is 16.3. The molecule has 2 atom stereocenters. The van der Waals surface area contributed by atoms with Crippen molar-refractivity contribution in [2.75, 3.05) is 0 Å². The van der Waals surface area contributed by atoms with E-state index in [0.29, 0.717) is 12.0 Å². The van der Waals surface area contributed by atoms with E-state index < -0.39 is 0 Å². The number of aryl methyl sites for hydroxylation is 1. The van der Waals surface area contributed by atoms with Crippen LogP contribution in [0.5, 0.6) is 0 Å². The summed E-state index contributed by atoms with van der Waals surface area (Å²) in [6.45, 7) is 4.06. The Kier molecular flexibility index (Phi) is 4.88. The van der Waals surface area contributed by atoms with Gasteiger partial charge >= 0.3 is 0 Å². The molecule has 0 saturated heterocycles. The van der Waals surface area contributed by atoms with Crippen LogP contribution in [0.4, 0.5) is 0 Å². The summed E-state index contributed by atoms with van der Waals surface area (Å²) >= 11 is 0. The van der Waals surface area contributed by atoms with Crippen LogP contribution in [0, 0.1) is 11.3 Å². The third-order valence-electron chi connectivity index (χ3n) is 5.94. The molecule has 3 heteroatoms. The number of carbonyl (C=O) groups excluding carboxylic acids is 1. The minimum Gasteiger partial charge on any atom is -0.361 e. The zero-order valence-electron chi connectivity index (χ0n) is 16.3. The van der Waals surface area contributed by atoms with Crippen LogP contribution in [0.1, 0.15) is 55.2 Å². The maximum absolute atomic E-state index is 13.3. The van der Waals surface area contributed by atoms with Crippen LogP contribution >= 0.6 is 0 Å². The van der Waals surface area contributed by atoms with Crippen molar-refractivity contribution < 1.29 is 4.79 Å². The number of benzene rings is 2. The summed E-state index contributed by atoms with van der Waals surface area (Å²) in [5.74, 6) is 0.0586. The van der Waals surface area contributed by atoms with Gasteiger partial charge < -0.3 is 5.32 Å². The topological polar surface area (TPSA) is 52.9 Å². The lowest BCUT2D eigenvalue weighted by Gasteiger charge is -2.35. The Labute approximate surface area is 166 Å². The third kappa shape index (κ3) is 3.16. The highest BCUT2D eigenvalue weighted by Gasteiger charge is 2.38. The Hall–Kier alpha value is -3.12. The zero-order chi connectivity index (χ0) is 19.7. The van der Waals surface area contributed by atoms with Crippen LogP contribution in [0.3, 0.4) is 0 Å².